The number of fused-ring (bicyclic) bond motifs is 5. The third kappa shape index (κ3) is 3.42. The van der Waals surface area contributed by atoms with Crippen molar-refractivity contribution in [1.29, 1.82) is 0 Å². The predicted molar refractivity (Wildman–Crippen MR) is 142 cm³/mol. The van der Waals surface area contributed by atoms with Gasteiger partial charge < -0.3 is 25.0 Å². The van der Waals surface area contributed by atoms with Gasteiger partial charge in [0.2, 0.25) is 24.5 Å². The quantitative estimate of drug-likeness (QED) is 0.286. The van der Waals surface area contributed by atoms with Crippen molar-refractivity contribution in [2.45, 2.75) is 37.9 Å². The van der Waals surface area contributed by atoms with Crippen LogP contribution in [0.3, 0.4) is 0 Å². The summed E-state index contributed by atoms with van der Waals surface area (Å²) in [6.07, 6.45) is 0.995. The van der Waals surface area contributed by atoms with Gasteiger partial charge in [0, 0.05) is 17.3 Å². The number of likely N-dealkylation sites (tertiary alicyclic amines) is 1. The van der Waals surface area contributed by atoms with E-state index >= 15 is 0 Å². The standard InChI is InChI=1S/C30H27N3O7/c1-2-15-3-6-19-18(9-15)30(29(38)31-19)26-25(20(32-30)10-16-4-7-21(34)22(35)11-16)27(36)33(28(26)37)13-17-5-8-23-24(12-17)40-14-39-23/h3-9,11-12,20,25-26,32,34-35H,2,10,13-14H2,1H3,(H,31,38)/t20-,25-,26+,30-/m1/s1. The van der Waals surface area contributed by atoms with Crippen LogP contribution in [0.2, 0.25) is 0 Å². The van der Waals surface area contributed by atoms with Crippen molar-refractivity contribution >= 4 is 23.4 Å². The van der Waals surface area contributed by atoms with E-state index in [0.29, 0.717) is 33.9 Å². The zero-order chi connectivity index (χ0) is 27.8. The normalized spacial score (nSPS) is 26.0. The smallest absolute Gasteiger partial charge is 0.250 e. The molecule has 0 aliphatic carbocycles. The van der Waals surface area contributed by atoms with E-state index in [1.807, 2.05) is 25.1 Å². The molecule has 4 atom stereocenters. The van der Waals surface area contributed by atoms with Gasteiger partial charge in [-0.25, -0.2) is 0 Å². The van der Waals surface area contributed by atoms with Gasteiger partial charge in [0.15, 0.2) is 23.0 Å². The van der Waals surface area contributed by atoms with Crippen LogP contribution < -0.4 is 20.1 Å². The maximum Gasteiger partial charge on any atom is 0.250 e. The molecule has 3 aromatic rings. The summed E-state index contributed by atoms with van der Waals surface area (Å²) in [6.45, 7) is 2.16. The Labute approximate surface area is 229 Å². The molecule has 4 N–H and O–H groups in total. The van der Waals surface area contributed by atoms with Crippen LogP contribution in [0, 0.1) is 11.8 Å². The highest BCUT2D eigenvalue weighted by atomic mass is 16.7. The van der Waals surface area contributed by atoms with Crippen LogP contribution in [0.4, 0.5) is 5.69 Å². The molecule has 40 heavy (non-hydrogen) atoms. The number of ether oxygens (including phenoxy) is 2. The van der Waals surface area contributed by atoms with Gasteiger partial charge >= 0.3 is 0 Å². The number of hydrogen-bond acceptors (Lipinski definition) is 8. The average Bonchev–Trinajstić information content (AvgIpc) is 3.67. The van der Waals surface area contributed by atoms with Gasteiger partial charge in [-0.15, -0.1) is 0 Å². The Morgan fingerprint density at radius 1 is 0.900 bits per heavy atom. The molecule has 3 amide bonds. The fourth-order valence-electron chi connectivity index (χ4n) is 6.63. The molecule has 2 saturated heterocycles. The second-order valence-corrected chi connectivity index (χ2v) is 10.7. The Hall–Kier alpha value is -4.57. The third-order valence-electron chi connectivity index (χ3n) is 8.55. The van der Waals surface area contributed by atoms with Crippen LogP contribution in [-0.4, -0.2) is 45.7 Å². The van der Waals surface area contributed by atoms with Crippen LogP contribution in [0.1, 0.15) is 29.2 Å². The van der Waals surface area contributed by atoms with E-state index in [2.05, 4.69) is 10.6 Å². The van der Waals surface area contributed by atoms with Gasteiger partial charge in [0.25, 0.3) is 0 Å². The van der Waals surface area contributed by atoms with E-state index in [0.717, 1.165) is 12.0 Å². The number of imide groups is 1. The predicted octanol–water partition coefficient (Wildman–Crippen LogP) is 2.55. The monoisotopic (exact) mass is 541 g/mol. The number of nitrogens with zero attached hydrogens (tertiary/aromatic N) is 1. The van der Waals surface area contributed by atoms with Gasteiger partial charge in [-0.05, 0) is 59.9 Å². The molecule has 10 heteroatoms. The van der Waals surface area contributed by atoms with Crippen LogP contribution in [0.15, 0.2) is 54.6 Å². The number of anilines is 1. The summed E-state index contributed by atoms with van der Waals surface area (Å²) < 4.78 is 10.9. The van der Waals surface area contributed by atoms with Gasteiger partial charge in [-0.1, -0.05) is 31.2 Å². The Kier molecular flexibility index (Phi) is 5.33. The van der Waals surface area contributed by atoms with Crippen molar-refractivity contribution in [2.24, 2.45) is 11.8 Å². The summed E-state index contributed by atoms with van der Waals surface area (Å²) in [7, 11) is 0. The summed E-state index contributed by atoms with van der Waals surface area (Å²) in [5.41, 5.74) is 2.22. The van der Waals surface area contributed by atoms with Crippen molar-refractivity contribution in [2.75, 3.05) is 12.1 Å². The topological polar surface area (TPSA) is 137 Å². The van der Waals surface area contributed by atoms with Crippen molar-refractivity contribution in [1.82, 2.24) is 10.2 Å². The summed E-state index contributed by atoms with van der Waals surface area (Å²) >= 11 is 0. The van der Waals surface area contributed by atoms with Crippen molar-refractivity contribution in [3.63, 3.8) is 0 Å². The number of amides is 3. The lowest BCUT2D eigenvalue weighted by molar-refractivity contribution is -0.143. The highest BCUT2D eigenvalue weighted by Crippen LogP contribution is 2.54. The molecule has 4 aliphatic rings. The molecular weight excluding hydrogens is 514 g/mol. The highest BCUT2D eigenvalue weighted by Gasteiger charge is 2.70. The zero-order valence-corrected chi connectivity index (χ0v) is 21.6. The van der Waals surface area contributed by atoms with Gasteiger partial charge in [0.1, 0.15) is 5.54 Å². The number of nitrogens with one attached hydrogen (secondary N) is 2. The Bertz CT molecular complexity index is 1600. The highest BCUT2D eigenvalue weighted by molar-refractivity contribution is 6.15. The molecule has 204 valence electrons. The Balaban J connectivity index is 1.31. The molecule has 10 nitrogen and oxygen atoms in total. The molecule has 0 radical (unpaired) electrons. The average molecular weight is 542 g/mol. The number of carbonyl (C=O) groups is 3. The van der Waals surface area contributed by atoms with Crippen molar-refractivity contribution < 1.29 is 34.1 Å². The van der Waals surface area contributed by atoms with E-state index in [1.165, 1.54) is 17.0 Å². The first-order valence-electron chi connectivity index (χ1n) is 13.3. The van der Waals surface area contributed by atoms with E-state index in [-0.39, 0.29) is 43.1 Å². The number of phenolic OH excluding ortho intramolecular Hbond substituents is 2. The van der Waals surface area contributed by atoms with E-state index < -0.39 is 29.3 Å². The first-order chi connectivity index (χ1) is 19.3. The van der Waals surface area contributed by atoms with Crippen LogP contribution in [0.5, 0.6) is 23.0 Å². The van der Waals surface area contributed by atoms with Crippen LogP contribution >= 0.6 is 0 Å². The molecule has 3 aromatic carbocycles. The first-order valence-corrected chi connectivity index (χ1v) is 13.3. The molecule has 2 fully saturated rings. The second-order valence-electron chi connectivity index (χ2n) is 10.7. The van der Waals surface area contributed by atoms with Crippen molar-refractivity contribution in [3.8, 4) is 23.0 Å². The minimum absolute atomic E-state index is 0.0353. The number of aryl methyl sites for hydroxylation is 1. The summed E-state index contributed by atoms with van der Waals surface area (Å²) in [4.78, 5) is 43.2. The molecule has 0 aromatic heterocycles. The van der Waals surface area contributed by atoms with E-state index in [9.17, 15) is 24.6 Å². The molecule has 4 heterocycles. The fraction of sp³-hybridized carbons (Fsp3) is 0.300. The molecule has 7 rings (SSSR count). The first kappa shape index (κ1) is 24.5. The van der Waals surface area contributed by atoms with Gasteiger partial charge in [0.05, 0.1) is 18.4 Å². The van der Waals surface area contributed by atoms with E-state index in [1.54, 1.807) is 24.3 Å². The number of benzene rings is 3. The molecule has 1 spiro atoms. The van der Waals surface area contributed by atoms with E-state index in [4.69, 9.17) is 9.47 Å². The lowest BCUT2D eigenvalue weighted by Gasteiger charge is -2.30. The third-order valence-corrected chi connectivity index (χ3v) is 8.55. The van der Waals surface area contributed by atoms with Gasteiger partial charge in [-0.3, -0.25) is 24.6 Å². The summed E-state index contributed by atoms with van der Waals surface area (Å²) in [6, 6.07) is 14.9. The lowest BCUT2D eigenvalue weighted by Crippen LogP contribution is -2.53. The Morgan fingerprint density at radius 3 is 2.48 bits per heavy atom. The van der Waals surface area contributed by atoms with Crippen LogP contribution in [-0.2, 0) is 39.3 Å². The number of aromatic hydroxyl groups is 2. The van der Waals surface area contributed by atoms with Crippen molar-refractivity contribution in [3.05, 3.63) is 76.9 Å². The zero-order valence-electron chi connectivity index (χ0n) is 21.6. The fourth-order valence-corrected chi connectivity index (χ4v) is 6.63. The number of carbonyl (C=O) groups excluding carboxylic acids is 3. The number of phenols is 2. The Morgan fingerprint density at radius 2 is 1.68 bits per heavy atom. The SMILES string of the molecule is CCc1ccc2c(c1)[C@]1(N[C@H](Cc3ccc(O)c(O)c3)[C@H]3C(=O)N(Cc4ccc5c(c4)OCO5)C(=O)[C@H]31)C(=O)N2. The molecular formula is C30H27N3O7. The maximum absolute atomic E-state index is 14.2. The number of hydrogen-bond donors (Lipinski definition) is 4. The molecule has 0 saturated carbocycles. The minimum atomic E-state index is -1.43. The summed E-state index contributed by atoms with van der Waals surface area (Å²) in [5, 5.41) is 26.2. The maximum atomic E-state index is 14.2. The van der Waals surface area contributed by atoms with Crippen LogP contribution in [0.25, 0.3) is 0 Å². The molecule has 4 aliphatic heterocycles. The van der Waals surface area contributed by atoms with Gasteiger partial charge in [-0.2, -0.15) is 0 Å². The largest absolute Gasteiger partial charge is 0.504 e. The lowest BCUT2D eigenvalue weighted by atomic mass is 9.76. The molecule has 0 unspecified atom stereocenters. The number of rotatable bonds is 5. The minimum Gasteiger partial charge on any atom is -0.504 e. The summed E-state index contributed by atoms with van der Waals surface area (Å²) in [5.74, 6) is -2.31. The molecule has 0 bridgehead atoms. The second kappa shape index (κ2) is 8.72.